The molecular weight excluding hydrogens is 154 g/mol. The Kier molecular flexibility index (Phi) is 3.12. The summed E-state index contributed by atoms with van der Waals surface area (Å²) in [6.07, 6.45) is 6.72. The topological polar surface area (TPSA) is 40.5 Å². The summed E-state index contributed by atoms with van der Waals surface area (Å²) in [7, 11) is 0. The van der Waals surface area contributed by atoms with Gasteiger partial charge in [-0.2, -0.15) is 0 Å². The quantitative estimate of drug-likeness (QED) is 0.581. The van der Waals surface area contributed by atoms with E-state index in [-0.39, 0.29) is 12.5 Å². The molecule has 0 aliphatic carbocycles. The van der Waals surface area contributed by atoms with Crippen LogP contribution in [0.1, 0.15) is 12.8 Å². The zero-order valence-corrected chi connectivity index (χ0v) is 6.99. The molecule has 3 heteroatoms. The third kappa shape index (κ3) is 1.99. The van der Waals surface area contributed by atoms with E-state index >= 15 is 0 Å². The highest BCUT2D eigenvalue weighted by molar-refractivity contribution is 5.93. The summed E-state index contributed by atoms with van der Waals surface area (Å²) >= 11 is 0. The fraction of sp³-hybridized carbons (Fsp3) is 0.667. The maximum absolute atomic E-state index is 11.0. The van der Waals surface area contributed by atoms with Gasteiger partial charge in [-0.25, -0.2) is 0 Å². The first-order valence-corrected chi connectivity index (χ1v) is 4.14. The third-order valence-electron chi connectivity index (χ3n) is 2.23. The van der Waals surface area contributed by atoms with Crippen molar-refractivity contribution in [2.24, 2.45) is 5.92 Å². The Hall–Kier alpha value is -1.01. The van der Waals surface area contributed by atoms with Gasteiger partial charge in [-0.1, -0.05) is 0 Å². The Morgan fingerprint density at radius 2 is 2.50 bits per heavy atom. The predicted octanol–water partition coefficient (Wildman–Crippen LogP) is -0.150. The number of hydrogen-bond acceptors (Lipinski definition) is 2. The number of likely N-dealkylation sites (tertiary alicyclic amines) is 1. The van der Waals surface area contributed by atoms with Crippen molar-refractivity contribution >= 4 is 5.91 Å². The van der Waals surface area contributed by atoms with Gasteiger partial charge in [0.05, 0.1) is 0 Å². The fourth-order valence-corrected chi connectivity index (χ4v) is 1.53. The number of terminal acetylenes is 1. The van der Waals surface area contributed by atoms with Crippen molar-refractivity contribution in [2.45, 2.75) is 12.8 Å². The lowest BCUT2D eigenvalue weighted by Gasteiger charge is -2.11. The molecule has 1 unspecified atom stereocenters. The van der Waals surface area contributed by atoms with Crippen LogP contribution in [0.2, 0.25) is 0 Å². The Morgan fingerprint density at radius 1 is 1.75 bits per heavy atom. The van der Waals surface area contributed by atoms with E-state index in [1.165, 1.54) is 0 Å². The molecule has 1 N–H and O–H groups in total. The number of aliphatic hydroxyl groups excluding tert-OH is 1. The molecule has 0 spiro atoms. The highest BCUT2D eigenvalue weighted by Crippen LogP contribution is 2.18. The summed E-state index contributed by atoms with van der Waals surface area (Å²) in [4.78, 5) is 12.7. The second kappa shape index (κ2) is 4.13. The van der Waals surface area contributed by atoms with E-state index in [9.17, 15) is 4.79 Å². The maximum atomic E-state index is 11.0. The second-order valence-corrected chi connectivity index (χ2v) is 3.06. The number of carbonyl (C=O) groups is 1. The van der Waals surface area contributed by atoms with Crippen LogP contribution in [0.3, 0.4) is 0 Å². The van der Waals surface area contributed by atoms with Gasteiger partial charge in [-0.3, -0.25) is 4.79 Å². The van der Waals surface area contributed by atoms with E-state index in [4.69, 9.17) is 11.5 Å². The molecule has 0 aromatic carbocycles. The van der Waals surface area contributed by atoms with Gasteiger partial charge in [0.2, 0.25) is 0 Å². The smallest absolute Gasteiger partial charge is 0.298 e. The van der Waals surface area contributed by atoms with Gasteiger partial charge in [0.25, 0.3) is 5.91 Å². The molecule has 66 valence electrons. The van der Waals surface area contributed by atoms with Gasteiger partial charge < -0.3 is 10.0 Å². The normalized spacial score (nSPS) is 22.3. The predicted molar refractivity (Wildman–Crippen MR) is 45.2 cm³/mol. The van der Waals surface area contributed by atoms with Gasteiger partial charge in [0.15, 0.2) is 0 Å². The van der Waals surface area contributed by atoms with E-state index in [0.29, 0.717) is 12.5 Å². The van der Waals surface area contributed by atoms with Crippen molar-refractivity contribution in [3.8, 4) is 12.3 Å². The van der Waals surface area contributed by atoms with Gasteiger partial charge in [0.1, 0.15) is 0 Å². The minimum atomic E-state index is -0.226. The molecule has 1 fully saturated rings. The van der Waals surface area contributed by atoms with Crippen molar-refractivity contribution in [2.75, 3.05) is 19.7 Å². The zero-order chi connectivity index (χ0) is 8.97. The highest BCUT2D eigenvalue weighted by Gasteiger charge is 2.24. The molecule has 0 saturated carbocycles. The Labute approximate surface area is 72.4 Å². The molecular formula is C9H13NO2. The number of aliphatic hydroxyl groups is 1. The van der Waals surface area contributed by atoms with Crippen molar-refractivity contribution in [1.82, 2.24) is 4.90 Å². The largest absolute Gasteiger partial charge is 0.396 e. The third-order valence-corrected chi connectivity index (χ3v) is 2.23. The van der Waals surface area contributed by atoms with E-state index < -0.39 is 0 Å². The first kappa shape index (κ1) is 9.08. The van der Waals surface area contributed by atoms with Crippen LogP contribution < -0.4 is 0 Å². The Bertz CT molecular complexity index is 207. The molecule has 1 atom stereocenters. The van der Waals surface area contributed by atoms with Gasteiger partial charge in [-0.15, -0.1) is 6.42 Å². The molecule has 1 aliphatic heterocycles. The summed E-state index contributed by atoms with van der Waals surface area (Å²) in [5.74, 6) is 2.30. The van der Waals surface area contributed by atoms with Crippen molar-refractivity contribution in [3.63, 3.8) is 0 Å². The molecule has 1 saturated heterocycles. The van der Waals surface area contributed by atoms with Crippen molar-refractivity contribution in [3.05, 3.63) is 0 Å². The number of amides is 1. The van der Waals surface area contributed by atoms with E-state index in [0.717, 1.165) is 19.4 Å². The fourth-order valence-electron chi connectivity index (χ4n) is 1.53. The van der Waals surface area contributed by atoms with Crippen LogP contribution in [-0.4, -0.2) is 35.6 Å². The van der Waals surface area contributed by atoms with Gasteiger partial charge >= 0.3 is 0 Å². The first-order chi connectivity index (χ1) is 5.77. The van der Waals surface area contributed by atoms with Crippen LogP contribution >= 0.6 is 0 Å². The van der Waals surface area contributed by atoms with E-state index in [2.05, 4.69) is 5.92 Å². The van der Waals surface area contributed by atoms with Crippen LogP contribution in [0.5, 0.6) is 0 Å². The van der Waals surface area contributed by atoms with Crippen molar-refractivity contribution < 1.29 is 9.90 Å². The van der Waals surface area contributed by atoms with Gasteiger partial charge in [0, 0.05) is 19.7 Å². The summed E-state index contributed by atoms with van der Waals surface area (Å²) < 4.78 is 0. The minimum absolute atomic E-state index is 0.197. The minimum Gasteiger partial charge on any atom is -0.396 e. The summed E-state index contributed by atoms with van der Waals surface area (Å²) in [5, 5.41) is 8.66. The van der Waals surface area contributed by atoms with E-state index in [1.807, 2.05) is 0 Å². The van der Waals surface area contributed by atoms with Crippen molar-refractivity contribution in [1.29, 1.82) is 0 Å². The molecule has 0 aromatic heterocycles. The summed E-state index contributed by atoms with van der Waals surface area (Å²) in [6.45, 7) is 1.65. The lowest BCUT2D eigenvalue weighted by molar-refractivity contribution is -0.124. The molecule has 0 aromatic rings. The number of hydrogen-bond donors (Lipinski definition) is 1. The van der Waals surface area contributed by atoms with Crippen LogP contribution in [0.15, 0.2) is 0 Å². The SMILES string of the molecule is C#CC(=O)N1CCC(CCO)C1. The highest BCUT2D eigenvalue weighted by atomic mass is 16.3. The number of rotatable bonds is 2. The standard InChI is InChI=1S/C9H13NO2/c1-2-9(12)10-5-3-8(7-10)4-6-11/h1,8,11H,3-7H2. The van der Waals surface area contributed by atoms with Crippen LogP contribution in [0.25, 0.3) is 0 Å². The lowest BCUT2D eigenvalue weighted by atomic mass is 10.1. The molecule has 1 rings (SSSR count). The maximum Gasteiger partial charge on any atom is 0.298 e. The Morgan fingerprint density at radius 3 is 3.08 bits per heavy atom. The van der Waals surface area contributed by atoms with Crippen LogP contribution in [0.4, 0.5) is 0 Å². The second-order valence-electron chi connectivity index (χ2n) is 3.06. The molecule has 3 nitrogen and oxygen atoms in total. The monoisotopic (exact) mass is 167 g/mol. The molecule has 1 amide bonds. The zero-order valence-electron chi connectivity index (χ0n) is 6.99. The molecule has 12 heavy (non-hydrogen) atoms. The van der Waals surface area contributed by atoms with Gasteiger partial charge in [-0.05, 0) is 24.7 Å². The van der Waals surface area contributed by atoms with Crippen LogP contribution in [0, 0.1) is 18.3 Å². The molecule has 0 radical (unpaired) electrons. The molecule has 1 heterocycles. The molecule has 1 aliphatic rings. The average Bonchev–Trinajstić information content (AvgIpc) is 2.52. The molecule has 0 bridgehead atoms. The average molecular weight is 167 g/mol. The first-order valence-electron chi connectivity index (χ1n) is 4.14. The Balaban J connectivity index is 2.36. The summed E-state index contributed by atoms with van der Waals surface area (Å²) in [5.41, 5.74) is 0. The van der Waals surface area contributed by atoms with Crippen LogP contribution in [-0.2, 0) is 4.79 Å². The van der Waals surface area contributed by atoms with E-state index in [1.54, 1.807) is 4.90 Å². The lowest BCUT2D eigenvalue weighted by Crippen LogP contribution is -2.27. The number of nitrogens with zero attached hydrogens (tertiary/aromatic N) is 1. The number of carbonyl (C=O) groups excluding carboxylic acids is 1. The summed E-state index contributed by atoms with van der Waals surface area (Å²) in [6, 6.07) is 0.